The number of benzene rings is 1. The van der Waals surface area contributed by atoms with Crippen LogP contribution in [-0.4, -0.2) is 0 Å². The molecule has 0 N–H and O–H groups in total. The lowest BCUT2D eigenvalue weighted by Crippen LogP contribution is -2.29. The summed E-state index contributed by atoms with van der Waals surface area (Å²) in [4.78, 5) is 0. The largest absolute Gasteiger partial charge is 0.0996 e. The van der Waals surface area contributed by atoms with Crippen molar-refractivity contribution in [3.8, 4) is 0 Å². The molecule has 1 aliphatic carbocycles. The Kier molecular flexibility index (Phi) is 6.37. The van der Waals surface area contributed by atoms with E-state index in [1.54, 1.807) is 0 Å². The van der Waals surface area contributed by atoms with Crippen molar-refractivity contribution in [2.75, 3.05) is 0 Å². The van der Waals surface area contributed by atoms with E-state index in [2.05, 4.69) is 59.4 Å². The van der Waals surface area contributed by atoms with Crippen molar-refractivity contribution in [1.82, 2.24) is 0 Å². The van der Waals surface area contributed by atoms with E-state index in [-0.39, 0.29) is 5.41 Å². The Morgan fingerprint density at radius 1 is 1.29 bits per heavy atom. The topological polar surface area (TPSA) is 0 Å². The predicted molar refractivity (Wildman–Crippen MR) is 108 cm³/mol. The lowest BCUT2D eigenvalue weighted by Gasteiger charge is -2.42. The van der Waals surface area contributed by atoms with Gasteiger partial charge in [0.2, 0.25) is 0 Å². The monoisotopic (exact) mass is 344 g/mol. The molecule has 0 bridgehead atoms. The van der Waals surface area contributed by atoms with Crippen molar-refractivity contribution in [3.63, 3.8) is 0 Å². The van der Waals surface area contributed by atoms with E-state index in [4.69, 9.17) is 11.6 Å². The summed E-state index contributed by atoms with van der Waals surface area (Å²) in [5, 5.41) is 0.935. The molecule has 0 nitrogen and oxygen atoms in total. The SMILES string of the molecule is C=C(C)[C@]1(C)CCC(C)=CC1c1c(C)cc(CCCCC)cc1Cl. The first-order valence-electron chi connectivity index (χ1n) is 9.41. The van der Waals surface area contributed by atoms with Crippen LogP contribution in [-0.2, 0) is 6.42 Å². The molecule has 2 rings (SSSR count). The molecule has 0 aromatic heterocycles. The van der Waals surface area contributed by atoms with Crippen LogP contribution < -0.4 is 0 Å². The average Bonchev–Trinajstić information content (AvgIpc) is 2.50. The smallest absolute Gasteiger partial charge is 0.0449 e. The van der Waals surface area contributed by atoms with Crippen LogP contribution in [0.5, 0.6) is 0 Å². The van der Waals surface area contributed by atoms with Crippen molar-refractivity contribution in [2.45, 2.75) is 79.1 Å². The van der Waals surface area contributed by atoms with Gasteiger partial charge in [-0.2, -0.15) is 0 Å². The van der Waals surface area contributed by atoms with Gasteiger partial charge in [0.1, 0.15) is 0 Å². The molecule has 24 heavy (non-hydrogen) atoms. The zero-order chi connectivity index (χ0) is 17.9. The fourth-order valence-corrected chi connectivity index (χ4v) is 4.40. The lowest BCUT2D eigenvalue weighted by atomic mass is 9.62. The maximum atomic E-state index is 6.80. The molecule has 1 aromatic rings. The van der Waals surface area contributed by atoms with Gasteiger partial charge in [-0.25, -0.2) is 0 Å². The quantitative estimate of drug-likeness (QED) is 0.365. The van der Waals surface area contributed by atoms with Crippen LogP contribution >= 0.6 is 11.6 Å². The maximum Gasteiger partial charge on any atom is 0.0449 e. The van der Waals surface area contributed by atoms with E-state index in [0.717, 1.165) is 24.3 Å². The van der Waals surface area contributed by atoms with Gasteiger partial charge in [0.15, 0.2) is 0 Å². The molecule has 0 heterocycles. The van der Waals surface area contributed by atoms with Gasteiger partial charge in [0, 0.05) is 10.9 Å². The van der Waals surface area contributed by atoms with Gasteiger partial charge in [0.05, 0.1) is 0 Å². The van der Waals surface area contributed by atoms with E-state index in [1.807, 2.05) is 0 Å². The Morgan fingerprint density at radius 2 is 2.00 bits per heavy atom. The minimum Gasteiger partial charge on any atom is -0.0996 e. The first-order chi connectivity index (χ1) is 11.3. The molecule has 0 fully saturated rings. The second-order valence-corrected chi connectivity index (χ2v) is 8.36. The third-order valence-electron chi connectivity index (χ3n) is 5.93. The molecule has 1 aromatic carbocycles. The van der Waals surface area contributed by atoms with Gasteiger partial charge >= 0.3 is 0 Å². The Hall–Kier alpha value is -1.01. The summed E-state index contributed by atoms with van der Waals surface area (Å²) in [6.45, 7) is 15.5. The van der Waals surface area contributed by atoms with Gasteiger partial charge in [-0.1, -0.05) is 68.2 Å². The van der Waals surface area contributed by atoms with Crippen LogP contribution in [0.15, 0.2) is 35.9 Å². The minimum atomic E-state index is 0.0949. The maximum absolute atomic E-state index is 6.80. The Labute approximate surface area is 154 Å². The highest BCUT2D eigenvalue weighted by atomic mass is 35.5. The van der Waals surface area contributed by atoms with Crippen molar-refractivity contribution < 1.29 is 0 Å². The molecule has 0 amide bonds. The second-order valence-electron chi connectivity index (χ2n) is 7.95. The van der Waals surface area contributed by atoms with E-state index in [1.165, 1.54) is 47.1 Å². The lowest BCUT2D eigenvalue weighted by molar-refractivity contribution is 0.309. The molecule has 1 aliphatic rings. The van der Waals surface area contributed by atoms with E-state index in [0.29, 0.717) is 5.92 Å². The number of rotatable bonds is 6. The zero-order valence-electron chi connectivity index (χ0n) is 16.1. The number of allylic oxidation sites excluding steroid dienone is 3. The standard InChI is InChI=1S/C23H33Cl/c1-7-8-9-10-19-14-18(5)22(21(24)15-19)20-13-17(4)11-12-23(20,6)16(2)3/h13-15,20H,2,7-12H2,1,3-6H3/t20?,23-/m0/s1. The summed E-state index contributed by atoms with van der Waals surface area (Å²) < 4.78 is 0. The van der Waals surface area contributed by atoms with Gasteiger partial charge in [-0.05, 0) is 74.6 Å². The molecular weight excluding hydrogens is 312 g/mol. The van der Waals surface area contributed by atoms with Crippen molar-refractivity contribution in [2.24, 2.45) is 5.41 Å². The van der Waals surface area contributed by atoms with Crippen LogP contribution in [0, 0.1) is 12.3 Å². The first kappa shape index (κ1) is 19.3. The number of hydrogen-bond acceptors (Lipinski definition) is 0. The van der Waals surface area contributed by atoms with Gasteiger partial charge in [-0.15, -0.1) is 0 Å². The fourth-order valence-electron chi connectivity index (χ4n) is 3.99. The molecule has 132 valence electrons. The van der Waals surface area contributed by atoms with Crippen LogP contribution in [0.3, 0.4) is 0 Å². The van der Waals surface area contributed by atoms with Crippen LogP contribution in [0.25, 0.3) is 0 Å². The molecule has 0 spiro atoms. The molecule has 0 aliphatic heterocycles. The summed E-state index contributed by atoms with van der Waals surface area (Å²) in [6.07, 6.45) is 9.67. The predicted octanol–water partition coefficient (Wildman–Crippen LogP) is 7.79. The molecule has 0 saturated carbocycles. The van der Waals surface area contributed by atoms with E-state index < -0.39 is 0 Å². The summed E-state index contributed by atoms with van der Waals surface area (Å²) >= 11 is 6.80. The molecule has 1 unspecified atom stereocenters. The molecule has 1 heteroatoms. The van der Waals surface area contributed by atoms with Crippen molar-refractivity contribution in [3.05, 3.63) is 57.6 Å². The molecular formula is C23H33Cl. The normalized spacial score (nSPS) is 23.9. The third kappa shape index (κ3) is 3.97. The average molecular weight is 345 g/mol. The number of halogens is 1. The number of unbranched alkanes of at least 4 members (excludes halogenated alkanes) is 2. The summed E-state index contributed by atoms with van der Waals surface area (Å²) in [5.74, 6) is 0.334. The highest BCUT2D eigenvalue weighted by molar-refractivity contribution is 6.31. The highest BCUT2D eigenvalue weighted by Gasteiger charge is 2.38. The summed E-state index contributed by atoms with van der Waals surface area (Å²) in [5.41, 5.74) is 6.85. The van der Waals surface area contributed by atoms with Gasteiger partial charge < -0.3 is 0 Å². The molecule has 0 saturated heterocycles. The third-order valence-corrected chi connectivity index (χ3v) is 6.24. The van der Waals surface area contributed by atoms with Crippen LogP contribution in [0.1, 0.15) is 82.4 Å². The van der Waals surface area contributed by atoms with E-state index >= 15 is 0 Å². The molecule has 0 radical (unpaired) electrons. The van der Waals surface area contributed by atoms with Crippen molar-refractivity contribution in [1.29, 1.82) is 0 Å². The van der Waals surface area contributed by atoms with E-state index in [9.17, 15) is 0 Å². The second kappa shape index (κ2) is 7.91. The van der Waals surface area contributed by atoms with Crippen molar-refractivity contribution >= 4 is 11.6 Å². The van der Waals surface area contributed by atoms with Gasteiger partial charge in [-0.3, -0.25) is 0 Å². The zero-order valence-corrected chi connectivity index (χ0v) is 16.9. The highest BCUT2D eigenvalue weighted by Crippen LogP contribution is 2.52. The summed E-state index contributed by atoms with van der Waals surface area (Å²) in [6, 6.07) is 4.56. The number of aryl methyl sites for hydroxylation is 2. The Balaban J connectivity index is 2.42. The Morgan fingerprint density at radius 3 is 2.58 bits per heavy atom. The first-order valence-corrected chi connectivity index (χ1v) is 9.79. The van der Waals surface area contributed by atoms with Crippen LogP contribution in [0.2, 0.25) is 5.02 Å². The Bertz CT molecular complexity index is 614. The molecule has 2 atom stereocenters. The summed E-state index contributed by atoms with van der Waals surface area (Å²) in [7, 11) is 0. The fraction of sp³-hybridized carbons (Fsp3) is 0.565. The number of hydrogen-bond donors (Lipinski definition) is 0. The van der Waals surface area contributed by atoms with Gasteiger partial charge in [0.25, 0.3) is 0 Å². The minimum absolute atomic E-state index is 0.0949. The van der Waals surface area contributed by atoms with Crippen LogP contribution in [0.4, 0.5) is 0 Å².